The Bertz CT molecular complexity index is 895. The molecule has 2 heterocycles. The van der Waals surface area contributed by atoms with Crippen LogP contribution in [0.25, 0.3) is 0 Å². The molecule has 27 heavy (non-hydrogen) atoms. The lowest BCUT2D eigenvalue weighted by molar-refractivity contribution is -0.119. The van der Waals surface area contributed by atoms with Gasteiger partial charge in [0.05, 0.1) is 33.7 Å². The third kappa shape index (κ3) is 3.69. The van der Waals surface area contributed by atoms with Crippen molar-refractivity contribution in [1.29, 1.82) is 0 Å². The summed E-state index contributed by atoms with van der Waals surface area (Å²) in [6.45, 7) is 2.67. The van der Waals surface area contributed by atoms with Gasteiger partial charge in [-0.05, 0) is 56.9 Å². The Morgan fingerprint density at radius 3 is 2.74 bits per heavy atom. The molecule has 4 rings (SSSR count). The predicted molar refractivity (Wildman–Crippen MR) is 105 cm³/mol. The molecule has 1 aromatic carbocycles. The van der Waals surface area contributed by atoms with Gasteiger partial charge in [0, 0.05) is 12.5 Å². The van der Waals surface area contributed by atoms with Gasteiger partial charge in [0.2, 0.25) is 5.91 Å². The molecule has 2 amide bonds. The topological polar surface area (TPSA) is 62.3 Å². The summed E-state index contributed by atoms with van der Waals surface area (Å²) in [7, 11) is 0. The summed E-state index contributed by atoms with van der Waals surface area (Å²) in [5.74, 6) is 0.202. The molecule has 1 unspecified atom stereocenters. The van der Waals surface area contributed by atoms with Gasteiger partial charge in [-0.1, -0.05) is 23.7 Å². The number of rotatable bonds is 4. The summed E-state index contributed by atoms with van der Waals surface area (Å²) >= 11 is 6.11. The molecule has 0 spiro atoms. The van der Waals surface area contributed by atoms with Crippen molar-refractivity contribution in [2.24, 2.45) is 5.92 Å². The Morgan fingerprint density at radius 1 is 1.22 bits per heavy atom. The zero-order valence-corrected chi connectivity index (χ0v) is 16.0. The maximum Gasteiger partial charge on any atom is 0.253 e. The van der Waals surface area contributed by atoms with Crippen LogP contribution in [-0.2, 0) is 11.2 Å². The first-order valence-corrected chi connectivity index (χ1v) is 9.79. The number of benzene rings is 1. The van der Waals surface area contributed by atoms with E-state index >= 15 is 0 Å². The van der Waals surface area contributed by atoms with Crippen LogP contribution in [-0.4, -0.2) is 23.3 Å². The fourth-order valence-electron chi connectivity index (χ4n) is 3.48. The second-order valence-corrected chi connectivity index (χ2v) is 7.65. The zero-order chi connectivity index (χ0) is 19.0. The smallest absolute Gasteiger partial charge is 0.253 e. The molecule has 1 fully saturated rings. The molecule has 1 saturated carbocycles. The molecule has 1 aromatic heterocycles. The maximum atomic E-state index is 12.5. The minimum Gasteiger partial charge on any atom is -0.344 e. The van der Waals surface area contributed by atoms with Crippen molar-refractivity contribution in [1.82, 2.24) is 10.3 Å². The Labute approximate surface area is 163 Å². The third-order valence-corrected chi connectivity index (χ3v) is 5.49. The van der Waals surface area contributed by atoms with Crippen molar-refractivity contribution < 1.29 is 9.59 Å². The molecule has 6 heteroatoms. The number of fused-ring (bicyclic) bond motifs is 1. The highest BCUT2D eigenvalue weighted by atomic mass is 35.5. The van der Waals surface area contributed by atoms with Crippen molar-refractivity contribution in [3.8, 4) is 0 Å². The van der Waals surface area contributed by atoms with E-state index in [1.807, 2.05) is 24.0 Å². The molecule has 0 saturated heterocycles. The van der Waals surface area contributed by atoms with Crippen molar-refractivity contribution in [2.75, 3.05) is 11.4 Å². The average molecular weight is 384 g/mol. The van der Waals surface area contributed by atoms with Crippen LogP contribution in [0.4, 0.5) is 5.69 Å². The lowest BCUT2D eigenvalue weighted by Gasteiger charge is -2.29. The number of nitrogens with one attached hydrogen (secondary N) is 1. The van der Waals surface area contributed by atoms with Crippen LogP contribution in [0.5, 0.6) is 0 Å². The van der Waals surface area contributed by atoms with Gasteiger partial charge in [0.15, 0.2) is 0 Å². The number of halogens is 1. The van der Waals surface area contributed by atoms with Crippen molar-refractivity contribution in [2.45, 2.75) is 38.6 Å². The van der Waals surface area contributed by atoms with Gasteiger partial charge in [0.1, 0.15) is 0 Å². The summed E-state index contributed by atoms with van der Waals surface area (Å²) in [6.07, 6.45) is 3.77. The molecule has 2 aliphatic rings. The van der Waals surface area contributed by atoms with Crippen molar-refractivity contribution in [3.63, 3.8) is 0 Å². The number of nitrogens with zero attached hydrogens (tertiary/aromatic N) is 2. The Balaban J connectivity index is 1.52. The average Bonchev–Trinajstić information content (AvgIpc) is 3.52. The molecule has 140 valence electrons. The first-order valence-electron chi connectivity index (χ1n) is 9.41. The number of carbonyl (C=O) groups excluding carboxylic acids is 2. The fraction of sp³-hybridized carbons (Fsp3) is 0.381. The van der Waals surface area contributed by atoms with Gasteiger partial charge in [-0.25, -0.2) is 0 Å². The quantitative estimate of drug-likeness (QED) is 0.870. The van der Waals surface area contributed by atoms with E-state index in [9.17, 15) is 9.59 Å². The van der Waals surface area contributed by atoms with Gasteiger partial charge in [0.25, 0.3) is 5.91 Å². The summed E-state index contributed by atoms with van der Waals surface area (Å²) in [4.78, 5) is 31.6. The first-order chi connectivity index (χ1) is 13.0. The van der Waals surface area contributed by atoms with E-state index in [0.717, 1.165) is 49.3 Å². The number of pyridine rings is 1. The lowest BCUT2D eigenvalue weighted by atomic mass is 10.0. The minimum atomic E-state index is -0.256. The van der Waals surface area contributed by atoms with E-state index in [1.165, 1.54) is 0 Å². The summed E-state index contributed by atoms with van der Waals surface area (Å²) < 4.78 is 0. The second kappa shape index (κ2) is 7.31. The van der Waals surface area contributed by atoms with Gasteiger partial charge < -0.3 is 10.2 Å². The highest BCUT2D eigenvalue weighted by Gasteiger charge is 2.36. The molecule has 1 N–H and O–H groups in total. The number of hydrogen-bond donors (Lipinski definition) is 1. The molecular formula is C21H22ClN3O2. The van der Waals surface area contributed by atoms with E-state index in [-0.39, 0.29) is 23.8 Å². The van der Waals surface area contributed by atoms with E-state index in [2.05, 4.69) is 5.32 Å². The Hall–Kier alpha value is -2.40. The minimum absolute atomic E-state index is 0.199. The lowest BCUT2D eigenvalue weighted by Crippen LogP contribution is -2.37. The van der Waals surface area contributed by atoms with Gasteiger partial charge >= 0.3 is 0 Å². The number of carbonyl (C=O) groups is 2. The van der Waals surface area contributed by atoms with E-state index in [1.54, 1.807) is 24.3 Å². The molecule has 5 nitrogen and oxygen atoms in total. The number of aromatic nitrogens is 1. The molecule has 1 aliphatic carbocycles. The molecule has 2 aromatic rings. The van der Waals surface area contributed by atoms with Gasteiger partial charge in [-0.3, -0.25) is 14.6 Å². The van der Waals surface area contributed by atoms with E-state index in [0.29, 0.717) is 10.6 Å². The number of anilines is 1. The maximum absolute atomic E-state index is 12.5. The van der Waals surface area contributed by atoms with Crippen LogP contribution in [0.2, 0.25) is 5.02 Å². The molecular weight excluding hydrogens is 362 g/mol. The monoisotopic (exact) mass is 383 g/mol. The van der Waals surface area contributed by atoms with Crippen LogP contribution in [0.3, 0.4) is 0 Å². The number of hydrogen-bond acceptors (Lipinski definition) is 3. The highest BCUT2D eigenvalue weighted by molar-refractivity contribution is 6.33. The van der Waals surface area contributed by atoms with E-state index in [4.69, 9.17) is 16.6 Å². The first kappa shape index (κ1) is 18.0. The fourth-order valence-corrected chi connectivity index (χ4v) is 3.70. The van der Waals surface area contributed by atoms with Gasteiger partial charge in [-0.2, -0.15) is 0 Å². The van der Waals surface area contributed by atoms with Crippen LogP contribution >= 0.6 is 11.6 Å². The van der Waals surface area contributed by atoms with Crippen LogP contribution in [0, 0.1) is 5.92 Å². The van der Waals surface area contributed by atoms with Crippen molar-refractivity contribution in [3.05, 3.63) is 58.4 Å². The molecule has 0 radical (unpaired) electrons. The standard InChI is InChI=1S/C21H22ClN3O2/c1-13(23-20(26)15-5-2-3-6-16(15)22)17-10-11-19-18(24-17)7-4-12-25(19)21(27)14-8-9-14/h2-3,5-6,10-11,13-14H,4,7-9,12H2,1H3,(H,23,26). The van der Waals surface area contributed by atoms with Crippen LogP contribution < -0.4 is 10.2 Å². The third-order valence-electron chi connectivity index (χ3n) is 5.16. The Morgan fingerprint density at radius 2 is 2.00 bits per heavy atom. The van der Waals surface area contributed by atoms with Gasteiger partial charge in [-0.15, -0.1) is 0 Å². The predicted octanol–water partition coefficient (Wildman–Crippen LogP) is 3.92. The van der Waals surface area contributed by atoms with Crippen LogP contribution in [0.1, 0.15) is 54.0 Å². The van der Waals surface area contributed by atoms with Crippen LogP contribution in [0.15, 0.2) is 36.4 Å². The molecule has 1 atom stereocenters. The molecule has 0 bridgehead atoms. The highest BCUT2D eigenvalue weighted by Crippen LogP contribution is 2.35. The normalized spacial score (nSPS) is 17.2. The Kier molecular flexibility index (Phi) is 4.87. The largest absolute Gasteiger partial charge is 0.344 e. The summed E-state index contributed by atoms with van der Waals surface area (Å²) in [5, 5.41) is 3.38. The SMILES string of the molecule is CC(NC(=O)c1ccccc1Cl)c1ccc2c(n1)CCCN2C(=O)C1CC1. The number of amides is 2. The van der Waals surface area contributed by atoms with Crippen molar-refractivity contribution >= 4 is 29.1 Å². The molecule has 1 aliphatic heterocycles. The summed E-state index contributed by atoms with van der Waals surface area (Å²) in [6, 6.07) is 10.6. The zero-order valence-electron chi connectivity index (χ0n) is 15.2. The van der Waals surface area contributed by atoms with E-state index < -0.39 is 0 Å². The number of aryl methyl sites for hydroxylation is 1. The second-order valence-electron chi connectivity index (χ2n) is 7.24. The summed E-state index contributed by atoms with van der Waals surface area (Å²) in [5.41, 5.74) is 3.10.